The van der Waals surface area contributed by atoms with Crippen LogP contribution in [-0.4, -0.2) is 55.0 Å². The number of hydrogen-bond donors (Lipinski definition) is 1. The first-order chi connectivity index (χ1) is 10.4. The quantitative estimate of drug-likeness (QED) is 0.682. The molecule has 0 spiro atoms. The van der Waals surface area contributed by atoms with Crippen LogP contribution >= 0.6 is 0 Å². The molecule has 3 rings (SSSR count). The standard InChI is InChI=1S/C16H26N4O/c1-17-16(18-11-14-6-10-21-13-14)20-9-5-15(12-20)19-7-3-2-4-8-19/h6,10,13,15H,2-5,7-9,11-12H2,1H3,(H,17,18). The molecule has 21 heavy (non-hydrogen) atoms. The molecule has 0 radical (unpaired) electrons. The number of nitrogens with zero attached hydrogens (tertiary/aromatic N) is 3. The van der Waals surface area contributed by atoms with E-state index < -0.39 is 0 Å². The molecule has 2 saturated heterocycles. The van der Waals surface area contributed by atoms with Crippen LogP contribution in [0.15, 0.2) is 28.0 Å². The van der Waals surface area contributed by atoms with Crippen LogP contribution in [0.2, 0.25) is 0 Å². The van der Waals surface area contributed by atoms with Crippen LogP contribution < -0.4 is 5.32 Å². The SMILES string of the molecule is CN=C(NCc1ccoc1)N1CCC(N2CCCCC2)C1. The third-order valence-corrected chi connectivity index (χ3v) is 4.61. The van der Waals surface area contributed by atoms with Crippen molar-refractivity contribution in [3.8, 4) is 0 Å². The van der Waals surface area contributed by atoms with E-state index in [9.17, 15) is 0 Å². The van der Waals surface area contributed by atoms with Gasteiger partial charge in [0, 0.05) is 38.3 Å². The van der Waals surface area contributed by atoms with Crippen molar-refractivity contribution in [3.05, 3.63) is 24.2 Å². The zero-order valence-corrected chi connectivity index (χ0v) is 12.9. The maximum Gasteiger partial charge on any atom is 0.193 e. The molecule has 0 aliphatic carbocycles. The van der Waals surface area contributed by atoms with E-state index in [4.69, 9.17) is 4.42 Å². The summed E-state index contributed by atoms with van der Waals surface area (Å²) in [4.78, 5) is 9.49. The number of rotatable bonds is 3. The molecule has 3 heterocycles. The third kappa shape index (κ3) is 3.59. The minimum atomic E-state index is 0.706. The fourth-order valence-corrected chi connectivity index (χ4v) is 3.42. The summed E-state index contributed by atoms with van der Waals surface area (Å²) in [6.07, 6.45) is 8.88. The highest BCUT2D eigenvalue weighted by Gasteiger charge is 2.29. The Labute approximate surface area is 127 Å². The Morgan fingerprint density at radius 2 is 2.19 bits per heavy atom. The van der Waals surface area contributed by atoms with Gasteiger partial charge >= 0.3 is 0 Å². The van der Waals surface area contributed by atoms with E-state index in [2.05, 4.69) is 20.1 Å². The predicted octanol–water partition coefficient (Wildman–Crippen LogP) is 1.92. The second kappa shape index (κ2) is 6.98. The molecule has 1 unspecified atom stereocenters. The molecule has 1 N–H and O–H groups in total. The molecule has 0 saturated carbocycles. The van der Waals surface area contributed by atoms with E-state index in [-0.39, 0.29) is 0 Å². The molecule has 0 aromatic carbocycles. The van der Waals surface area contributed by atoms with Crippen molar-refractivity contribution in [3.63, 3.8) is 0 Å². The molecule has 5 nitrogen and oxygen atoms in total. The molecule has 1 aromatic heterocycles. The molecule has 0 amide bonds. The molecule has 2 aliphatic rings. The fourth-order valence-electron chi connectivity index (χ4n) is 3.42. The lowest BCUT2D eigenvalue weighted by molar-refractivity contribution is 0.168. The van der Waals surface area contributed by atoms with Crippen molar-refractivity contribution < 1.29 is 4.42 Å². The maximum atomic E-state index is 5.10. The van der Waals surface area contributed by atoms with Crippen LogP contribution in [0, 0.1) is 0 Å². The highest BCUT2D eigenvalue weighted by molar-refractivity contribution is 5.80. The largest absolute Gasteiger partial charge is 0.472 e. The van der Waals surface area contributed by atoms with Gasteiger partial charge in [0.1, 0.15) is 0 Å². The summed E-state index contributed by atoms with van der Waals surface area (Å²) in [5.41, 5.74) is 1.16. The number of guanidine groups is 1. The zero-order valence-electron chi connectivity index (χ0n) is 12.9. The summed E-state index contributed by atoms with van der Waals surface area (Å²) in [5.74, 6) is 1.01. The molecule has 2 aliphatic heterocycles. The topological polar surface area (TPSA) is 44.0 Å². The Morgan fingerprint density at radius 3 is 2.90 bits per heavy atom. The minimum Gasteiger partial charge on any atom is -0.472 e. The Kier molecular flexibility index (Phi) is 4.80. The van der Waals surface area contributed by atoms with Crippen molar-refractivity contribution in [1.82, 2.24) is 15.1 Å². The van der Waals surface area contributed by atoms with Gasteiger partial charge in [-0.2, -0.15) is 0 Å². The predicted molar refractivity (Wildman–Crippen MR) is 84.3 cm³/mol. The zero-order chi connectivity index (χ0) is 14.5. The monoisotopic (exact) mass is 290 g/mol. The first-order valence-corrected chi connectivity index (χ1v) is 8.07. The summed E-state index contributed by atoms with van der Waals surface area (Å²) in [5, 5.41) is 3.43. The van der Waals surface area contributed by atoms with Gasteiger partial charge in [-0.05, 0) is 38.4 Å². The van der Waals surface area contributed by atoms with E-state index in [0.717, 1.165) is 31.2 Å². The fraction of sp³-hybridized carbons (Fsp3) is 0.688. The van der Waals surface area contributed by atoms with Gasteiger partial charge in [-0.15, -0.1) is 0 Å². The summed E-state index contributed by atoms with van der Waals surface area (Å²) in [6, 6.07) is 2.69. The third-order valence-electron chi connectivity index (χ3n) is 4.61. The first kappa shape index (κ1) is 14.4. The maximum absolute atomic E-state index is 5.10. The summed E-state index contributed by atoms with van der Waals surface area (Å²) >= 11 is 0. The number of piperidine rings is 1. The summed E-state index contributed by atoms with van der Waals surface area (Å²) < 4.78 is 5.10. The number of nitrogens with one attached hydrogen (secondary N) is 1. The molecule has 0 bridgehead atoms. The van der Waals surface area contributed by atoms with E-state index in [1.54, 1.807) is 12.5 Å². The van der Waals surface area contributed by atoms with Gasteiger partial charge in [-0.3, -0.25) is 9.89 Å². The minimum absolute atomic E-state index is 0.706. The van der Waals surface area contributed by atoms with Crippen molar-refractivity contribution >= 4 is 5.96 Å². The smallest absolute Gasteiger partial charge is 0.193 e. The number of furan rings is 1. The highest BCUT2D eigenvalue weighted by atomic mass is 16.3. The summed E-state index contributed by atoms with van der Waals surface area (Å²) in [7, 11) is 1.87. The van der Waals surface area contributed by atoms with E-state index in [1.807, 2.05) is 13.1 Å². The van der Waals surface area contributed by atoms with Crippen LogP contribution in [0.4, 0.5) is 0 Å². The molecule has 2 fully saturated rings. The van der Waals surface area contributed by atoms with Crippen LogP contribution in [0.3, 0.4) is 0 Å². The van der Waals surface area contributed by atoms with Gasteiger partial charge in [-0.1, -0.05) is 6.42 Å². The van der Waals surface area contributed by atoms with Gasteiger partial charge in [0.15, 0.2) is 5.96 Å². The van der Waals surface area contributed by atoms with Gasteiger partial charge in [-0.25, -0.2) is 0 Å². The average molecular weight is 290 g/mol. The van der Waals surface area contributed by atoms with Crippen molar-refractivity contribution in [2.75, 3.05) is 33.2 Å². The van der Waals surface area contributed by atoms with Crippen LogP contribution in [-0.2, 0) is 6.54 Å². The van der Waals surface area contributed by atoms with Gasteiger partial charge < -0.3 is 14.6 Å². The van der Waals surface area contributed by atoms with Gasteiger partial charge in [0.2, 0.25) is 0 Å². The normalized spacial score (nSPS) is 24.5. The Hall–Kier alpha value is -1.49. The van der Waals surface area contributed by atoms with Gasteiger partial charge in [0.25, 0.3) is 0 Å². The molecular formula is C16H26N4O. The Balaban J connectivity index is 1.51. The van der Waals surface area contributed by atoms with E-state index in [1.165, 1.54) is 38.8 Å². The lowest BCUT2D eigenvalue weighted by Gasteiger charge is -2.32. The molecule has 1 aromatic rings. The van der Waals surface area contributed by atoms with Crippen molar-refractivity contribution in [1.29, 1.82) is 0 Å². The summed E-state index contributed by atoms with van der Waals surface area (Å²) in [6.45, 7) is 5.53. The molecule has 116 valence electrons. The Bertz CT molecular complexity index is 451. The second-order valence-corrected chi connectivity index (χ2v) is 6.02. The van der Waals surface area contributed by atoms with E-state index in [0.29, 0.717) is 6.04 Å². The first-order valence-electron chi connectivity index (χ1n) is 8.07. The highest BCUT2D eigenvalue weighted by Crippen LogP contribution is 2.20. The molecular weight excluding hydrogens is 264 g/mol. The number of likely N-dealkylation sites (tertiary alicyclic amines) is 2. The number of hydrogen-bond acceptors (Lipinski definition) is 3. The number of aliphatic imine (C=N–C) groups is 1. The average Bonchev–Trinajstić information content (AvgIpc) is 3.20. The lowest BCUT2D eigenvalue weighted by atomic mass is 10.1. The van der Waals surface area contributed by atoms with Crippen LogP contribution in [0.25, 0.3) is 0 Å². The van der Waals surface area contributed by atoms with E-state index >= 15 is 0 Å². The van der Waals surface area contributed by atoms with Crippen molar-refractivity contribution in [2.45, 2.75) is 38.3 Å². The second-order valence-electron chi connectivity index (χ2n) is 6.02. The van der Waals surface area contributed by atoms with Crippen LogP contribution in [0.1, 0.15) is 31.2 Å². The Morgan fingerprint density at radius 1 is 1.33 bits per heavy atom. The lowest BCUT2D eigenvalue weighted by Crippen LogP contribution is -2.44. The van der Waals surface area contributed by atoms with Crippen molar-refractivity contribution in [2.24, 2.45) is 4.99 Å². The molecule has 5 heteroatoms. The van der Waals surface area contributed by atoms with Gasteiger partial charge in [0.05, 0.1) is 12.5 Å². The van der Waals surface area contributed by atoms with Crippen LogP contribution in [0.5, 0.6) is 0 Å². The molecule has 1 atom stereocenters.